The molecule has 6 heteroatoms. The number of likely N-dealkylation sites (N-methyl/N-ethyl adjacent to an activating group) is 1. The molecule has 2 atom stereocenters. The maximum absolute atomic E-state index is 9.91. The van der Waals surface area contributed by atoms with Crippen molar-refractivity contribution in [3.05, 3.63) is 30.3 Å². The molecule has 4 N–H and O–H groups in total. The van der Waals surface area contributed by atoms with E-state index in [9.17, 15) is 5.11 Å². The van der Waals surface area contributed by atoms with E-state index in [2.05, 4.69) is 15.3 Å². The third kappa shape index (κ3) is 3.69. The number of nitrogens with two attached hydrogens (primary N) is 1. The number of β-amino-alcohol motifs (C(OH)–C–C–N with tert-alkyl or cyclic N) is 1. The van der Waals surface area contributed by atoms with Crippen molar-refractivity contribution in [1.82, 2.24) is 15.2 Å². The summed E-state index contributed by atoms with van der Waals surface area (Å²) in [7, 11) is 4.04. The van der Waals surface area contributed by atoms with E-state index in [0.717, 1.165) is 18.7 Å². The maximum atomic E-state index is 9.91. The minimum Gasteiger partial charge on any atom is -0.391 e. The predicted molar refractivity (Wildman–Crippen MR) is 80.5 cm³/mol. The number of aliphatic imine (C=N–C) groups is 1. The van der Waals surface area contributed by atoms with Gasteiger partial charge in [-0.3, -0.25) is 5.43 Å². The van der Waals surface area contributed by atoms with E-state index in [4.69, 9.17) is 5.84 Å². The molecule has 1 fully saturated rings. The lowest BCUT2D eigenvalue weighted by atomic mass is 10.2. The number of aliphatic hydroxyl groups excluding tert-OH is 1. The van der Waals surface area contributed by atoms with Gasteiger partial charge in [0.1, 0.15) is 0 Å². The lowest BCUT2D eigenvalue weighted by Crippen LogP contribution is -2.49. The van der Waals surface area contributed by atoms with Crippen LogP contribution < -0.4 is 11.3 Å². The Morgan fingerprint density at radius 1 is 1.45 bits per heavy atom. The number of hydrogen-bond acceptors (Lipinski definition) is 4. The molecule has 1 aromatic rings. The summed E-state index contributed by atoms with van der Waals surface area (Å²) in [6.45, 7) is 1.40. The number of rotatable bonds is 3. The minimum absolute atomic E-state index is 0.207. The van der Waals surface area contributed by atoms with Crippen molar-refractivity contribution in [2.75, 3.05) is 27.2 Å². The van der Waals surface area contributed by atoms with Gasteiger partial charge in [-0.2, -0.15) is 0 Å². The quantitative estimate of drug-likeness (QED) is 0.317. The van der Waals surface area contributed by atoms with Crippen LogP contribution >= 0.6 is 0 Å². The second kappa shape index (κ2) is 6.69. The molecule has 1 saturated heterocycles. The van der Waals surface area contributed by atoms with Gasteiger partial charge in [0.05, 0.1) is 11.8 Å². The summed E-state index contributed by atoms with van der Waals surface area (Å²) < 4.78 is 0. The van der Waals surface area contributed by atoms with Crippen LogP contribution in [-0.4, -0.2) is 60.2 Å². The normalized spacial score (nSPS) is 23.4. The Bertz CT molecular complexity index is 448. The van der Waals surface area contributed by atoms with E-state index in [-0.39, 0.29) is 12.1 Å². The zero-order chi connectivity index (χ0) is 14.5. The first-order valence-corrected chi connectivity index (χ1v) is 6.80. The van der Waals surface area contributed by atoms with Gasteiger partial charge in [0, 0.05) is 19.1 Å². The Hall–Kier alpha value is -1.63. The zero-order valence-electron chi connectivity index (χ0n) is 12.0. The number of hydrazine groups is 1. The van der Waals surface area contributed by atoms with Gasteiger partial charge >= 0.3 is 0 Å². The Labute approximate surface area is 119 Å². The summed E-state index contributed by atoms with van der Waals surface area (Å²) >= 11 is 0. The van der Waals surface area contributed by atoms with Crippen LogP contribution in [0.5, 0.6) is 0 Å². The van der Waals surface area contributed by atoms with E-state index in [1.165, 1.54) is 0 Å². The number of likely N-dealkylation sites (tertiary alicyclic amines) is 1. The SMILES string of the molecule is CN(C)CC1CC(O)CN1C(=Nc1ccccc1)NN. The second-order valence-electron chi connectivity index (χ2n) is 5.37. The molecule has 0 radical (unpaired) electrons. The lowest BCUT2D eigenvalue weighted by Gasteiger charge is -2.29. The highest BCUT2D eigenvalue weighted by Crippen LogP contribution is 2.20. The summed E-state index contributed by atoms with van der Waals surface area (Å²) in [6.07, 6.45) is 0.391. The van der Waals surface area contributed by atoms with Crippen LogP contribution in [0, 0.1) is 0 Å². The van der Waals surface area contributed by atoms with Gasteiger partial charge in [0.2, 0.25) is 5.96 Å². The van der Waals surface area contributed by atoms with Crippen LogP contribution in [0.4, 0.5) is 5.69 Å². The molecule has 2 rings (SSSR count). The van der Waals surface area contributed by atoms with Crippen LogP contribution in [0.2, 0.25) is 0 Å². The number of nitrogens with zero attached hydrogens (tertiary/aromatic N) is 3. The van der Waals surface area contributed by atoms with Crippen LogP contribution in [0.1, 0.15) is 6.42 Å². The van der Waals surface area contributed by atoms with Crippen molar-refractivity contribution in [2.24, 2.45) is 10.8 Å². The van der Waals surface area contributed by atoms with Gasteiger partial charge in [0.15, 0.2) is 0 Å². The highest BCUT2D eigenvalue weighted by molar-refractivity contribution is 5.82. The second-order valence-corrected chi connectivity index (χ2v) is 5.37. The third-order valence-electron chi connectivity index (χ3n) is 3.36. The monoisotopic (exact) mass is 277 g/mol. The van der Waals surface area contributed by atoms with Crippen molar-refractivity contribution in [3.8, 4) is 0 Å². The fraction of sp³-hybridized carbons (Fsp3) is 0.500. The number of para-hydroxylation sites is 1. The summed E-state index contributed by atoms with van der Waals surface area (Å²) in [5.74, 6) is 6.22. The fourth-order valence-corrected chi connectivity index (χ4v) is 2.55. The summed E-state index contributed by atoms with van der Waals surface area (Å²) in [4.78, 5) is 8.67. The standard InChI is InChI=1S/C14H23N5O/c1-18(2)9-12-8-13(20)10-19(12)14(17-15)16-11-6-4-3-5-7-11/h3-7,12-13,20H,8-10,15H2,1-2H3,(H,16,17). The van der Waals surface area contributed by atoms with Gasteiger partial charge in [0.25, 0.3) is 0 Å². The smallest absolute Gasteiger partial charge is 0.214 e. The molecule has 20 heavy (non-hydrogen) atoms. The third-order valence-corrected chi connectivity index (χ3v) is 3.36. The average Bonchev–Trinajstić information content (AvgIpc) is 2.77. The molecule has 0 bridgehead atoms. The first-order valence-electron chi connectivity index (χ1n) is 6.80. The van der Waals surface area contributed by atoms with E-state index < -0.39 is 0 Å². The molecule has 2 unspecified atom stereocenters. The van der Waals surface area contributed by atoms with E-state index in [0.29, 0.717) is 12.5 Å². The maximum Gasteiger partial charge on any atom is 0.214 e. The molecule has 6 nitrogen and oxygen atoms in total. The van der Waals surface area contributed by atoms with Gasteiger partial charge in [-0.05, 0) is 32.6 Å². The molecule has 0 amide bonds. The molecular formula is C14H23N5O. The Morgan fingerprint density at radius 3 is 2.75 bits per heavy atom. The van der Waals surface area contributed by atoms with Crippen molar-refractivity contribution in [2.45, 2.75) is 18.6 Å². The summed E-state index contributed by atoms with van der Waals surface area (Å²) in [5, 5.41) is 9.91. The Morgan fingerprint density at radius 2 is 2.15 bits per heavy atom. The summed E-state index contributed by atoms with van der Waals surface area (Å²) in [5.41, 5.74) is 3.50. The van der Waals surface area contributed by atoms with Crippen LogP contribution in [0.25, 0.3) is 0 Å². The number of benzene rings is 1. The van der Waals surface area contributed by atoms with E-state index in [1.807, 2.05) is 49.3 Å². The van der Waals surface area contributed by atoms with Crippen LogP contribution in [-0.2, 0) is 0 Å². The highest BCUT2D eigenvalue weighted by atomic mass is 16.3. The molecule has 1 aliphatic rings. The molecule has 0 aliphatic carbocycles. The number of aliphatic hydroxyl groups is 1. The molecule has 0 saturated carbocycles. The summed E-state index contributed by atoms with van der Waals surface area (Å²) in [6, 6.07) is 9.86. The molecule has 1 aliphatic heterocycles. The van der Waals surface area contributed by atoms with Crippen molar-refractivity contribution < 1.29 is 5.11 Å². The van der Waals surface area contributed by atoms with Crippen molar-refractivity contribution >= 4 is 11.6 Å². The number of hydrogen-bond donors (Lipinski definition) is 3. The first-order chi connectivity index (χ1) is 9.60. The average molecular weight is 277 g/mol. The van der Waals surface area contributed by atoms with E-state index in [1.54, 1.807) is 0 Å². The Balaban J connectivity index is 2.19. The Kier molecular flexibility index (Phi) is 4.94. The minimum atomic E-state index is -0.339. The largest absolute Gasteiger partial charge is 0.391 e. The fourth-order valence-electron chi connectivity index (χ4n) is 2.55. The van der Waals surface area contributed by atoms with Crippen molar-refractivity contribution in [1.29, 1.82) is 0 Å². The molecule has 1 heterocycles. The van der Waals surface area contributed by atoms with Crippen LogP contribution in [0.3, 0.4) is 0 Å². The zero-order valence-corrected chi connectivity index (χ0v) is 12.0. The number of nitrogens with one attached hydrogen (secondary N) is 1. The van der Waals surface area contributed by atoms with Gasteiger partial charge in [-0.15, -0.1) is 0 Å². The number of guanidine groups is 1. The highest BCUT2D eigenvalue weighted by Gasteiger charge is 2.33. The molecule has 110 valence electrons. The van der Waals surface area contributed by atoms with Gasteiger partial charge in [-0.25, -0.2) is 10.8 Å². The molecule has 0 aromatic heterocycles. The lowest BCUT2D eigenvalue weighted by molar-refractivity contribution is 0.187. The van der Waals surface area contributed by atoms with Crippen LogP contribution in [0.15, 0.2) is 35.3 Å². The molecule has 0 spiro atoms. The van der Waals surface area contributed by atoms with Crippen molar-refractivity contribution in [3.63, 3.8) is 0 Å². The predicted octanol–water partition coefficient (Wildman–Crippen LogP) is 0.134. The topological polar surface area (TPSA) is 77.1 Å². The first kappa shape index (κ1) is 14.8. The molecule has 1 aromatic carbocycles. The van der Waals surface area contributed by atoms with Gasteiger partial charge < -0.3 is 14.9 Å². The van der Waals surface area contributed by atoms with E-state index >= 15 is 0 Å². The van der Waals surface area contributed by atoms with Gasteiger partial charge in [-0.1, -0.05) is 18.2 Å². The molecular weight excluding hydrogens is 254 g/mol.